The Morgan fingerprint density at radius 2 is 1.92 bits per heavy atom. The number of benzene rings is 2. The number of alkyl halides is 3. The summed E-state index contributed by atoms with van der Waals surface area (Å²) in [6.07, 6.45) is 3.71. The smallest absolute Gasteiger partial charge is 0.245 e. The Morgan fingerprint density at radius 1 is 1.16 bits per heavy atom. The quantitative estimate of drug-likeness (QED) is 0.109. The molecule has 37 heavy (non-hydrogen) atoms. The van der Waals surface area contributed by atoms with Gasteiger partial charge in [-0.3, -0.25) is 0 Å². The van der Waals surface area contributed by atoms with Crippen LogP contribution in [0.1, 0.15) is 30.5 Å². The van der Waals surface area contributed by atoms with Crippen LogP contribution >= 0.6 is 45.2 Å². The lowest BCUT2D eigenvalue weighted by molar-refractivity contribution is 0.122. The molecule has 1 aromatic heterocycles. The SMILES string of the molecule is CC(C)Cc1cc(Nc2cccc(C(F)(I)I)c2)ccc1/C=N/Nc1ncc(F)c(N2CCOCC2)n1. The van der Waals surface area contributed by atoms with Gasteiger partial charge in [0.25, 0.3) is 0 Å². The van der Waals surface area contributed by atoms with Crippen molar-refractivity contribution in [1.29, 1.82) is 0 Å². The van der Waals surface area contributed by atoms with Crippen molar-refractivity contribution in [2.75, 3.05) is 41.9 Å². The van der Waals surface area contributed by atoms with E-state index in [0.717, 1.165) is 35.1 Å². The van der Waals surface area contributed by atoms with Gasteiger partial charge in [0.15, 0.2) is 11.6 Å². The second-order valence-corrected chi connectivity index (χ2v) is 14.1. The third-order valence-corrected chi connectivity index (χ3v) is 6.90. The highest BCUT2D eigenvalue weighted by molar-refractivity contribution is 14.2. The standard InChI is InChI=1S/C26H28F2I2N6O/c1-17(2)12-19-13-22(33-21-5-3-4-20(14-21)26(28,29)30)7-6-18(19)15-32-35-25-31-16-23(27)24(34-25)36-8-10-37-11-9-36/h3-7,13-17,33H,8-12H2,1-2H3,(H,31,34,35)/b32-15+. The number of hydrazone groups is 1. The second kappa shape index (κ2) is 12.6. The number of ether oxygens (including phenoxy) is 1. The van der Waals surface area contributed by atoms with Gasteiger partial charge in [0.2, 0.25) is 7.63 Å². The maximum absolute atomic E-state index is 14.4. The fourth-order valence-electron chi connectivity index (χ4n) is 3.93. The van der Waals surface area contributed by atoms with E-state index in [2.05, 4.69) is 45.7 Å². The third-order valence-electron chi connectivity index (χ3n) is 5.65. The van der Waals surface area contributed by atoms with Gasteiger partial charge in [-0.2, -0.15) is 10.1 Å². The van der Waals surface area contributed by atoms with Crippen LogP contribution in [-0.4, -0.2) is 42.5 Å². The predicted molar refractivity (Wildman–Crippen MR) is 162 cm³/mol. The lowest BCUT2D eigenvalue weighted by atomic mass is 9.97. The van der Waals surface area contributed by atoms with Crippen molar-refractivity contribution in [2.45, 2.75) is 22.0 Å². The Hall–Kier alpha value is -2.13. The first-order valence-electron chi connectivity index (χ1n) is 11.9. The Bertz CT molecular complexity index is 1250. The third kappa shape index (κ3) is 7.93. The molecule has 2 aromatic carbocycles. The molecule has 1 aliphatic rings. The molecule has 0 aliphatic carbocycles. The van der Waals surface area contributed by atoms with Crippen LogP contribution in [0.15, 0.2) is 53.8 Å². The molecule has 2 heterocycles. The fraction of sp³-hybridized carbons (Fsp3) is 0.346. The van der Waals surface area contributed by atoms with Crippen molar-refractivity contribution in [3.05, 3.63) is 71.2 Å². The van der Waals surface area contributed by atoms with Gasteiger partial charge in [-0.25, -0.2) is 19.2 Å². The Labute approximate surface area is 242 Å². The Morgan fingerprint density at radius 3 is 2.65 bits per heavy atom. The molecule has 0 bridgehead atoms. The van der Waals surface area contributed by atoms with Gasteiger partial charge in [-0.15, -0.1) is 0 Å². The van der Waals surface area contributed by atoms with E-state index >= 15 is 0 Å². The van der Waals surface area contributed by atoms with Gasteiger partial charge in [-0.1, -0.05) is 32.0 Å². The van der Waals surface area contributed by atoms with Crippen LogP contribution in [0.25, 0.3) is 0 Å². The fourth-order valence-corrected chi connectivity index (χ4v) is 4.61. The molecule has 3 aromatic rings. The Balaban J connectivity index is 1.50. The van der Waals surface area contributed by atoms with Gasteiger partial charge in [0.05, 0.1) is 25.6 Å². The van der Waals surface area contributed by atoms with E-state index in [4.69, 9.17) is 4.74 Å². The minimum atomic E-state index is -1.47. The van der Waals surface area contributed by atoms with Crippen LogP contribution in [0, 0.1) is 11.7 Å². The highest BCUT2D eigenvalue weighted by atomic mass is 127. The van der Waals surface area contributed by atoms with Gasteiger partial charge in [0.1, 0.15) is 0 Å². The first kappa shape index (κ1) is 27.9. The number of aromatic nitrogens is 2. The number of hydrogen-bond donors (Lipinski definition) is 2. The average molecular weight is 732 g/mol. The van der Waals surface area contributed by atoms with E-state index in [1.165, 1.54) is 0 Å². The molecule has 0 amide bonds. The molecule has 1 fully saturated rings. The average Bonchev–Trinajstić information content (AvgIpc) is 2.86. The summed E-state index contributed by atoms with van der Waals surface area (Å²) in [6.45, 7) is 6.53. The lowest BCUT2D eigenvalue weighted by Crippen LogP contribution is -2.37. The molecular weight excluding hydrogens is 704 g/mol. The topological polar surface area (TPSA) is 74.7 Å². The van der Waals surface area contributed by atoms with Crippen molar-refractivity contribution in [3.8, 4) is 0 Å². The lowest BCUT2D eigenvalue weighted by Gasteiger charge is -2.27. The first-order chi connectivity index (χ1) is 17.7. The van der Waals surface area contributed by atoms with Crippen LogP contribution in [0.5, 0.6) is 0 Å². The largest absolute Gasteiger partial charge is 0.378 e. The summed E-state index contributed by atoms with van der Waals surface area (Å²) in [6, 6.07) is 13.4. The van der Waals surface area contributed by atoms with Gasteiger partial charge in [-0.05, 0) is 92.9 Å². The number of anilines is 4. The van der Waals surface area contributed by atoms with Crippen molar-refractivity contribution >= 4 is 74.5 Å². The summed E-state index contributed by atoms with van der Waals surface area (Å²) < 4.78 is 32.5. The highest BCUT2D eigenvalue weighted by Crippen LogP contribution is 2.41. The van der Waals surface area contributed by atoms with Crippen LogP contribution in [0.4, 0.5) is 31.9 Å². The van der Waals surface area contributed by atoms with E-state index in [1.807, 2.05) is 35.2 Å². The van der Waals surface area contributed by atoms with Crippen LogP contribution in [0.2, 0.25) is 0 Å². The monoisotopic (exact) mass is 732 g/mol. The van der Waals surface area contributed by atoms with Crippen molar-refractivity contribution in [3.63, 3.8) is 0 Å². The summed E-state index contributed by atoms with van der Waals surface area (Å²) in [4.78, 5) is 10.2. The van der Waals surface area contributed by atoms with E-state index in [0.29, 0.717) is 37.8 Å². The summed E-state index contributed by atoms with van der Waals surface area (Å²) in [7, 11) is 0. The highest BCUT2D eigenvalue weighted by Gasteiger charge is 2.23. The maximum atomic E-state index is 14.4. The molecule has 2 N–H and O–H groups in total. The molecule has 7 nitrogen and oxygen atoms in total. The molecule has 0 unspecified atom stereocenters. The zero-order valence-corrected chi connectivity index (χ0v) is 24.8. The van der Waals surface area contributed by atoms with Gasteiger partial charge < -0.3 is 15.0 Å². The molecule has 1 aliphatic heterocycles. The van der Waals surface area contributed by atoms with E-state index in [-0.39, 0.29) is 11.8 Å². The molecule has 1 saturated heterocycles. The van der Waals surface area contributed by atoms with E-state index < -0.39 is 7.50 Å². The number of nitrogens with one attached hydrogen (secondary N) is 2. The maximum Gasteiger partial charge on any atom is 0.245 e. The van der Waals surface area contributed by atoms with Gasteiger partial charge in [0, 0.05) is 30.0 Å². The Kier molecular flexibility index (Phi) is 9.51. The number of rotatable bonds is 9. The van der Waals surface area contributed by atoms with E-state index in [9.17, 15) is 8.78 Å². The number of nitrogens with zero attached hydrogens (tertiary/aromatic N) is 4. The van der Waals surface area contributed by atoms with E-state index in [1.54, 1.807) is 57.5 Å². The zero-order chi connectivity index (χ0) is 26.4. The molecule has 0 saturated carbocycles. The first-order valence-corrected chi connectivity index (χ1v) is 14.1. The summed E-state index contributed by atoms with van der Waals surface area (Å²) in [5, 5.41) is 7.70. The van der Waals surface area contributed by atoms with Crippen LogP contribution < -0.4 is 15.6 Å². The van der Waals surface area contributed by atoms with Crippen LogP contribution in [-0.2, 0) is 12.8 Å². The van der Waals surface area contributed by atoms with Gasteiger partial charge >= 0.3 is 0 Å². The van der Waals surface area contributed by atoms with Crippen molar-refractivity contribution < 1.29 is 13.5 Å². The molecule has 11 heteroatoms. The minimum absolute atomic E-state index is 0.220. The number of halogens is 4. The van der Waals surface area contributed by atoms with Crippen molar-refractivity contribution in [2.24, 2.45) is 11.0 Å². The molecule has 0 spiro atoms. The normalized spacial score (nSPS) is 14.4. The molecule has 0 atom stereocenters. The predicted octanol–water partition coefficient (Wildman–Crippen LogP) is 6.79. The number of morpholine rings is 1. The zero-order valence-electron chi connectivity index (χ0n) is 20.5. The minimum Gasteiger partial charge on any atom is -0.378 e. The second-order valence-electron chi connectivity index (χ2n) is 9.05. The summed E-state index contributed by atoms with van der Waals surface area (Å²) in [5.41, 5.74) is 7.19. The molecule has 0 radical (unpaired) electrons. The van der Waals surface area contributed by atoms with Crippen molar-refractivity contribution in [1.82, 2.24) is 9.97 Å². The van der Waals surface area contributed by atoms with Crippen LogP contribution in [0.3, 0.4) is 0 Å². The summed E-state index contributed by atoms with van der Waals surface area (Å²) in [5.74, 6) is 0.419. The molecule has 196 valence electrons. The molecule has 4 rings (SSSR count). The number of hydrogen-bond acceptors (Lipinski definition) is 7. The summed E-state index contributed by atoms with van der Waals surface area (Å²) >= 11 is 3.56. The molecular formula is C26H28F2I2N6O.